The largest absolute Gasteiger partial charge is 1.00 e. The van der Waals surface area contributed by atoms with Crippen molar-refractivity contribution in [2.75, 3.05) is 0 Å². The molecule has 0 aromatic rings. The quantitative estimate of drug-likeness (QED) is 0.357. The smallest absolute Gasteiger partial charge is 1.00 e. The van der Waals surface area contributed by atoms with Gasteiger partial charge in [-0.1, -0.05) is 51.9 Å². The molecule has 0 aromatic carbocycles. The molecule has 0 amide bonds. The molecule has 0 radical (unpaired) electrons. The zero-order chi connectivity index (χ0) is 11.5. The monoisotopic (exact) mass is 234 g/mol. The summed E-state index contributed by atoms with van der Waals surface area (Å²) in [6.45, 7) is 2.19. The van der Waals surface area contributed by atoms with Gasteiger partial charge >= 0.3 is 43.7 Å². The molecule has 0 fully saturated rings. The van der Waals surface area contributed by atoms with Crippen molar-refractivity contribution in [3.8, 4) is 0 Å². The van der Waals surface area contributed by atoms with Crippen molar-refractivity contribution in [2.24, 2.45) is 0 Å². The molecule has 0 rings (SSSR count). The zero-order valence-electron chi connectivity index (χ0n) is 13.7. The van der Waals surface area contributed by atoms with Gasteiger partial charge in [-0.3, -0.25) is 0 Å². The first kappa shape index (κ1) is 22.7. The van der Waals surface area contributed by atoms with Gasteiger partial charge in [0.2, 0.25) is 0 Å². The number of alkyl halides is 1. The molecule has 1 unspecified atom stereocenters. The van der Waals surface area contributed by atoms with Gasteiger partial charge in [0.15, 0.2) is 6.17 Å². The first-order valence-electron chi connectivity index (χ1n) is 6.05. The molecule has 5 heteroatoms. The second-order valence-electron chi connectivity index (χ2n) is 4.07. The Bertz CT molecular complexity index is 178. The predicted octanol–water partition coefficient (Wildman–Crippen LogP) is -1.83. The van der Waals surface area contributed by atoms with Crippen LogP contribution in [0, 0.1) is 0 Å². The minimum atomic E-state index is -1.66. The molecule has 0 aliphatic heterocycles. The summed E-state index contributed by atoms with van der Waals surface area (Å²) >= 11 is 0. The number of halogens is 1. The summed E-state index contributed by atoms with van der Waals surface area (Å²) in [5.41, 5.74) is 0. The third kappa shape index (κ3) is 16.6. The molecule has 0 heterocycles. The van der Waals surface area contributed by atoms with Gasteiger partial charge in [-0.2, -0.15) is 0 Å². The molecule has 0 saturated heterocycles. The van der Waals surface area contributed by atoms with Crippen LogP contribution in [0.3, 0.4) is 0 Å². The van der Waals surface area contributed by atoms with Crippen LogP contribution in [0.2, 0.25) is 0 Å². The average Bonchev–Trinajstić information content (AvgIpc) is 2.21. The molecular formula is C12H25FLi2O2. The van der Waals surface area contributed by atoms with E-state index in [4.69, 9.17) is 5.11 Å². The van der Waals surface area contributed by atoms with E-state index in [1.54, 1.807) is 0 Å². The van der Waals surface area contributed by atoms with Crippen LogP contribution in [0.1, 0.15) is 67.6 Å². The fourth-order valence-corrected chi connectivity index (χ4v) is 1.58. The summed E-state index contributed by atoms with van der Waals surface area (Å²) in [6, 6.07) is 0. The normalized spacial score (nSPS) is 11.2. The molecule has 0 aromatic heterocycles. The van der Waals surface area contributed by atoms with E-state index in [1.165, 1.54) is 32.1 Å². The zero-order valence-corrected chi connectivity index (χ0v) is 11.7. The molecule has 0 aliphatic rings. The van der Waals surface area contributed by atoms with Crippen molar-refractivity contribution in [1.82, 2.24) is 0 Å². The van der Waals surface area contributed by atoms with Crippen molar-refractivity contribution in [3.05, 3.63) is 0 Å². The third-order valence-corrected chi connectivity index (χ3v) is 2.58. The number of hydrogen-bond acceptors (Lipinski definition) is 1. The van der Waals surface area contributed by atoms with E-state index >= 15 is 0 Å². The number of unbranched alkanes of at least 4 members (excludes halogenated alkanes) is 7. The maximum Gasteiger partial charge on any atom is 1.00 e. The van der Waals surface area contributed by atoms with Gasteiger partial charge < -0.3 is 7.96 Å². The molecular weight excluding hydrogens is 209 g/mol. The molecule has 1 atom stereocenters. The fourth-order valence-electron chi connectivity index (χ4n) is 1.58. The van der Waals surface area contributed by atoms with Crippen molar-refractivity contribution in [1.29, 1.82) is 0 Å². The van der Waals surface area contributed by atoms with Crippen molar-refractivity contribution < 1.29 is 54.9 Å². The van der Waals surface area contributed by atoms with Gasteiger partial charge in [-0.25, -0.2) is 9.18 Å². The van der Waals surface area contributed by atoms with Crippen LogP contribution < -0.4 is 37.7 Å². The van der Waals surface area contributed by atoms with Crippen LogP contribution in [-0.4, -0.2) is 17.2 Å². The van der Waals surface area contributed by atoms with Crippen molar-refractivity contribution in [3.63, 3.8) is 0 Å². The van der Waals surface area contributed by atoms with Crippen LogP contribution in [0.25, 0.3) is 0 Å². The van der Waals surface area contributed by atoms with E-state index in [0.717, 1.165) is 12.8 Å². The molecule has 0 bridgehead atoms. The topological polar surface area (TPSA) is 37.3 Å². The Kier molecular flexibility index (Phi) is 22.2. The van der Waals surface area contributed by atoms with Crippen LogP contribution in [-0.2, 0) is 4.79 Å². The number of carbonyl (C=O) groups is 1. The maximum absolute atomic E-state index is 12.6. The van der Waals surface area contributed by atoms with Gasteiger partial charge in [0, 0.05) is 0 Å². The van der Waals surface area contributed by atoms with Crippen molar-refractivity contribution in [2.45, 2.75) is 70.9 Å². The molecule has 2 nitrogen and oxygen atoms in total. The van der Waals surface area contributed by atoms with Crippen molar-refractivity contribution >= 4 is 5.97 Å². The van der Waals surface area contributed by atoms with Gasteiger partial charge in [0.1, 0.15) is 0 Å². The minimum Gasteiger partial charge on any atom is -1.00 e. The SMILES string of the molecule is CCCCCCCCCCC(F)C(=O)O.[H-].[H-].[Li+].[Li+]. The number of hydrogen-bond donors (Lipinski definition) is 1. The minimum absolute atomic E-state index is 0. The Morgan fingerprint density at radius 3 is 1.88 bits per heavy atom. The van der Waals surface area contributed by atoms with E-state index in [1.807, 2.05) is 0 Å². The van der Waals surface area contributed by atoms with E-state index in [-0.39, 0.29) is 47.0 Å². The van der Waals surface area contributed by atoms with E-state index in [0.29, 0.717) is 6.42 Å². The summed E-state index contributed by atoms with van der Waals surface area (Å²) in [4.78, 5) is 10.2. The summed E-state index contributed by atoms with van der Waals surface area (Å²) in [5, 5.41) is 8.31. The number of carboxylic acids is 1. The molecule has 1 N–H and O–H groups in total. The summed E-state index contributed by atoms with van der Waals surface area (Å²) in [7, 11) is 0. The van der Waals surface area contributed by atoms with Gasteiger partial charge in [0.05, 0.1) is 0 Å². The Morgan fingerprint density at radius 2 is 1.47 bits per heavy atom. The Balaban J connectivity index is -0.000000163. The third-order valence-electron chi connectivity index (χ3n) is 2.58. The van der Waals surface area contributed by atoms with Gasteiger partial charge in [0.25, 0.3) is 0 Å². The molecule has 94 valence electrons. The molecule has 0 spiro atoms. The Hall–Kier alpha value is 0.595. The second-order valence-corrected chi connectivity index (χ2v) is 4.07. The first-order chi connectivity index (χ1) is 7.18. The Labute approximate surface area is 131 Å². The van der Waals surface area contributed by atoms with Crippen LogP contribution in [0.15, 0.2) is 0 Å². The molecule has 0 saturated carbocycles. The van der Waals surface area contributed by atoms with E-state index in [9.17, 15) is 9.18 Å². The number of aliphatic carboxylic acids is 1. The van der Waals surface area contributed by atoms with Gasteiger partial charge in [-0.15, -0.1) is 0 Å². The van der Waals surface area contributed by atoms with Crippen LogP contribution in [0.5, 0.6) is 0 Å². The average molecular weight is 234 g/mol. The first-order valence-corrected chi connectivity index (χ1v) is 6.05. The number of rotatable bonds is 10. The van der Waals surface area contributed by atoms with Crippen LogP contribution >= 0.6 is 0 Å². The maximum atomic E-state index is 12.6. The standard InChI is InChI=1S/C12H23FO2.2Li.2H/c1-2-3-4-5-6-7-8-9-10-11(13)12(14)15;;;;/h11H,2-10H2,1H3,(H,14,15);;;;/q;2*+1;2*-1. The Morgan fingerprint density at radius 1 is 1.06 bits per heavy atom. The summed E-state index contributed by atoms with van der Waals surface area (Å²) in [6.07, 6.45) is 7.56. The fraction of sp³-hybridized carbons (Fsp3) is 0.917. The summed E-state index contributed by atoms with van der Waals surface area (Å²) < 4.78 is 12.6. The van der Waals surface area contributed by atoms with E-state index < -0.39 is 12.1 Å². The number of carboxylic acid groups (broad SMARTS) is 1. The van der Waals surface area contributed by atoms with Crippen LogP contribution in [0.4, 0.5) is 4.39 Å². The summed E-state index contributed by atoms with van der Waals surface area (Å²) in [5.74, 6) is -1.32. The van der Waals surface area contributed by atoms with E-state index in [2.05, 4.69) is 6.92 Å². The predicted molar refractivity (Wildman–Crippen MR) is 62.0 cm³/mol. The molecule has 0 aliphatic carbocycles. The van der Waals surface area contributed by atoms with Gasteiger partial charge in [-0.05, 0) is 12.8 Å². The second kappa shape index (κ2) is 16.6. The molecule has 17 heavy (non-hydrogen) atoms.